The van der Waals surface area contributed by atoms with Crippen molar-refractivity contribution >= 4 is 33.3 Å². The van der Waals surface area contributed by atoms with Crippen molar-refractivity contribution < 1.29 is 23.8 Å². The Kier molecular flexibility index (Phi) is 4.13. The zero-order chi connectivity index (χ0) is 19.5. The standard InChI is InChI=1S/C18H16BrFN2O5/c1-18(2)26-12-7-22-13(23)6-11(14(17(24)25)15(22)16(12)27-18)21-10-4-3-8(19)5-9(10)20/h3-6,12,16,21H,7H2,1-2H3,(H,24,25)/t12-,16-/m1/s1. The number of carboxylic acids is 1. The number of aromatic carboxylic acids is 1. The highest BCUT2D eigenvalue weighted by molar-refractivity contribution is 9.10. The van der Waals surface area contributed by atoms with Gasteiger partial charge in [0.1, 0.15) is 23.6 Å². The molecule has 7 nitrogen and oxygen atoms in total. The van der Waals surface area contributed by atoms with Gasteiger partial charge >= 0.3 is 5.97 Å². The highest BCUT2D eigenvalue weighted by Crippen LogP contribution is 2.45. The highest BCUT2D eigenvalue weighted by atomic mass is 79.9. The number of carboxylic acid groups (broad SMARTS) is 1. The molecule has 0 amide bonds. The number of anilines is 2. The summed E-state index contributed by atoms with van der Waals surface area (Å²) in [7, 11) is 0. The minimum Gasteiger partial charge on any atom is -0.478 e. The Hall–Kier alpha value is -2.23. The fraction of sp³-hybridized carbons (Fsp3) is 0.333. The molecule has 4 rings (SSSR count). The summed E-state index contributed by atoms with van der Waals surface area (Å²) >= 11 is 3.17. The molecule has 142 valence electrons. The van der Waals surface area contributed by atoms with Gasteiger partial charge < -0.3 is 24.5 Å². The number of nitrogens with zero attached hydrogens (tertiary/aromatic N) is 1. The number of nitrogens with one attached hydrogen (secondary N) is 1. The van der Waals surface area contributed by atoms with Crippen LogP contribution in [0.25, 0.3) is 0 Å². The molecule has 2 aliphatic rings. The molecule has 0 saturated carbocycles. The molecule has 1 fully saturated rings. The number of rotatable bonds is 3. The molecule has 2 aliphatic heterocycles. The largest absolute Gasteiger partial charge is 0.478 e. The van der Waals surface area contributed by atoms with Gasteiger partial charge in [0.05, 0.1) is 23.6 Å². The van der Waals surface area contributed by atoms with E-state index in [1.165, 1.54) is 16.7 Å². The number of hydrogen-bond donors (Lipinski definition) is 2. The minimum atomic E-state index is -1.24. The van der Waals surface area contributed by atoms with Gasteiger partial charge in [-0.1, -0.05) is 15.9 Å². The van der Waals surface area contributed by atoms with Crippen LogP contribution in [0.15, 0.2) is 33.5 Å². The van der Waals surface area contributed by atoms with Crippen LogP contribution < -0.4 is 10.9 Å². The van der Waals surface area contributed by atoms with Crippen LogP contribution >= 0.6 is 15.9 Å². The van der Waals surface area contributed by atoms with Crippen LogP contribution in [0.3, 0.4) is 0 Å². The lowest BCUT2D eigenvalue weighted by Gasteiger charge is -2.21. The minimum absolute atomic E-state index is 0.00827. The SMILES string of the molecule is CC1(C)O[C@@H]2Cn3c(c(C(=O)O)c(Nc4ccc(Br)cc4F)cc3=O)[C@@H]2O1. The maximum atomic E-state index is 14.2. The fourth-order valence-corrected chi connectivity index (χ4v) is 3.92. The second kappa shape index (κ2) is 6.15. The van der Waals surface area contributed by atoms with Crippen LogP contribution in [0.1, 0.15) is 36.0 Å². The van der Waals surface area contributed by atoms with Crippen molar-refractivity contribution in [2.24, 2.45) is 0 Å². The summed E-state index contributed by atoms with van der Waals surface area (Å²) in [5.41, 5.74) is -0.247. The number of fused-ring (bicyclic) bond motifs is 3. The first-order valence-electron chi connectivity index (χ1n) is 8.25. The normalized spacial score (nSPS) is 22.4. The molecule has 2 aromatic rings. The van der Waals surface area contributed by atoms with Crippen molar-refractivity contribution in [1.29, 1.82) is 0 Å². The number of halogens is 2. The van der Waals surface area contributed by atoms with E-state index in [9.17, 15) is 19.1 Å². The van der Waals surface area contributed by atoms with Gasteiger partial charge in [-0.3, -0.25) is 4.79 Å². The number of benzene rings is 1. The molecule has 2 N–H and O–H groups in total. The van der Waals surface area contributed by atoms with E-state index < -0.39 is 35.3 Å². The van der Waals surface area contributed by atoms with E-state index in [1.807, 2.05) is 0 Å². The van der Waals surface area contributed by atoms with Gasteiger partial charge in [0.15, 0.2) is 5.79 Å². The van der Waals surface area contributed by atoms with Gasteiger partial charge in [0.2, 0.25) is 0 Å². The monoisotopic (exact) mass is 438 g/mol. The molecule has 0 bridgehead atoms. The van der Waals surface area contributed by atoms with E-state index in [-0.39, 0.29) is 29.2 Å². The third kappa shape index (κ3) is 3.05. The Morgan fingerprint density at radius 3 is 2.74 bits per heavy atom. The van der Waals surface area contributed by atoms with E-state index in [4.69, 9.17) is 9.47 Å². The molecular formula is C18H16BrFN2O5. The Labute approximate surface area is 161 Å². The van der Waals surface area contributed by atoms with Gasteiger partial charge in [0, 0.05) is 10.5 Å². The summed E-state index contributed by atoms with van der Waals surface area (Å²) in [5.74, 6) is -2.71. The molecular weight excluding hydrogens is 423 g/mol. The first-order valence-corrected chi connectivity index (χ1v) is 9.04. The first kappa shape index (κ1) is 18.1. The molecule has 3 heterocycles. The van der Waals surface area contributed by atoms with Crippen molar-refractivity contribution in [3.05, 3.63) is 56.2 Å². The van der Waals surface area contributed by atoms with Crippen molar-refractivity contribution in [3.8, 4) is 0 Å². The number of aromatic nitrogens is 1. The predicted octanol–water partition coefficient (Wildman–Crippen LogP) is 3.40. The summed E-state index contributed by atoms with van der Waals surface area (Å²) < 4.78 is 27.7. The molecule has 0 radical (unpaired) electrons. The lowest BCUT2D eigenvalue weighted by atomic mass is 10.1. The molecule has 27 heavy (non-hydrogen) atoms. The second-order valence-electron chi connectivity index (χ2n) is 6.92. The number of pyridine rings is 1. The predicted molar refractivity (Wildman–Crippen MR) is 97.8 cm³/mol. The van der Waals surface area contributed by atoms with E-state index in [0.717, 1.165) is 6.07 Å². The van der Waals surface area contributed by atoms with E-state index in [0.29, 0.717) is 4.47 Å². The summed E-state index contributed by atoms with van der Waals surface area (Å²) in [6.45, 7) is 3.66. The Bertz CT molecular complexity index is 1020. The van der Waals surface area contributed by atoms with Crippen LogP contribution in [0.5, 0.6) is 0 Å². The molecule has 1 aromatic heterocycles. The first-order chi connectivity index (χ1) is 12.7. The lowest BCUT2D eigenvalue weighted by Crippen LogP contribution is -2.28. The summed E-state index contributed by atoms with van der Waals surface area (Å²) in [6, 6.07) is 5.46. The van der Waals surface area contributed by atoms with Crippen LogP contribution in [-0.2, 0) is 16.0 Å². The molecule has 0 spiro atoms. The number of carbonyl (C=O) groups is 1. The Balaban J connectivity index is 1.85. The average molecular weight is 439 g/mol. The second-order valence-corrected chi connectivity index (χ2v) is 7.83. The average Bonchev–Trinajstić information content (AvgIpc) is 3.03. The van der Waals surface area contributed by atoms with Gasteiger partial charge in [0.25, 0.3) is 5.56 Å². The molecule has 0 aliphatic carbocycles. The van der Waals surface area contributed by atoms with Gasteiger partial charge in [-0.25, -0.2) is 9.18 Å². The van der Waals surface area contributed by atoms with E-state index in [2.05, 4.69) is 21.2 Å². The van der Waals surface area contributed by atoms with Crippen molar-refractivity contribution in [1.82, 2.24) is 4.57 Å². The zero-order valence-corrected chi connectivity index (χ0v) is 16.0. The number of ether oxygens (including phenoxy) is 2. The summed E-state index contributed by atoms with van der Waals surface area (Å²) in [6.07, 6.45) is -1.14. The summed E-state index contributed by atoms with van der Waals surface area (Å²) in [5, 5.41) is 12.5. The van der Waals surface area contributed by atoms with E-state index >= 15 is 0 Å². The van der Waals surface area contributed by atoms with Crippen LogP contribution in [-0.4, -0.2) is 27.5 Å². The van der Waals surface area contributed by atoms with Crippen LogP contribution in [0, 0.1) is 5.82 Å². The zero-order valence-electron chi connectivity index (χ0n) is 14.5. The van der Waals surface area contributed by atoms with E-state index in [1.54, 1.807) is 19.9 Å². The molecule has 0 unspecified atom stereocenters. The van der Waals surface area contributed by atoms with Crippen molar-refractivity contribution in [2.45, 2.75) is 38.4 Å². The van der Waals surface area contributed by atoms with Crippen LogP contribution in [0.2, 0.25) is 0 Å². The van der Waals surface area contributed by atoms with Gasteiger partial charge in [-0.15, -0.1) is 0 Å². The van der Waals surface area contributed by atoms with Crippen molar-refractivity contribution in [3.63, 3.8) is 0 Å². The quantitative estimate of drug-likeness (QED) is 0.762. The Morgan fingerprint density at radius 1 is 1.33 bits per heavy atom. The lowest BCUT2D eigenvalue weighted by molar-refractivity contribution is -0.151. The van der Waals surface area contributed by atoms with Gasteiger partial charge in [-0.05, 0) is 32.0 Å². The Morgan fingerprint density at radius 2 is 2.07 bits per heavy atom. The molecule has 1 saturated heterocycles. The molecule has 2 atom stereocenters. The smallest absolute Gasteiger partial charge is 0.339 e. The fourth-order valence-electron chi connectivity index (χ4n) is 3.59. The molecule has 9 heteroatoms. The maximum Gasteiger partial charge on any atom is 0.339 e. The summed E-state index contributed by atoms with van der Waals surface area (Å²) in [4.78, 5) is 24.6. The topological polar surface area (TPSA) is 89.8 Å². The highest BCUT2D eigenvalue weighted by Gasteiger charge is 2.49. The third-order valence-corrected chi connectivity index (χ3v) is 5.07. The number of hydrogen-bond acceptors (Lipinski definition) is 5. The molecule has 1 aromatic carbocycles. The third-order valence-electron chi connectivity index (χ3n) is 4.58. The van der Waals surface area contributed by atoms with Gasteiger partial charge in [-0.2, -0.15) is 0 Å². The van der Waals surface area contributed by atoms with Crippen molar-refractivity contribution in [2.75, 3.05) is 5.32 Å². The maximum absolute atomic E-state index is 14.2. The van der Waals surface area contributed by atoms with Crippen LogP contribution in [0.4, 0.5) is 15.8 Å².